The van der Waals surface area contributed by atoms with E-state index in [0.717, 1.165) is 67.5 Å². The van der Waals surface area contributed by atoms with Gasteiger partial charge in [-0.3, -0.25) is 9.59 Å². The molecule has 2 unspecified atom stereocenters. The number of rotatable bonds is 18. The van der Waals surface area contributed by atoms with Gasteiger partial charge in [0.25, 0.3) is 0 Å². The quantitative estimate of drug-likeness (QED) is 0.0623. The van der Waals surface area contributed by atoms with Crippen LogP contribution in [-0.2, 0) is 41.4 Å². The fraction of sp³-hybridized carbons (Fsp3) is 0.241. The molecular formula is C58H56N2O6. The van der Waals surface area contributed by atoms with E-state index in [0.29, 0.717) is 52.1 Å². The molecule has 2 aliphatic heterocycles. The van der Waals surface area contributed by atoms with Crippen molar-refractivity contribution in [2.45, 2.75) is 65.6 Å². The molecule has 2 aliphatic rings. The molecule has 2 saturated heterocycles. The molecule has 0 saturated carbocycles. The van der Waals surface area contributed by atoms with Crippen LogP contribution in [0, 0.1) is 27.7 Å². The van der Waals surface area contributed by atoms with Gasteiger partial charge in [0.15, 0.2) is 0 Å². The predicted molar refractivity (Wildman–Crippen MR) is 264 cm³/mol. The lowest BCUT2D eigenvalue weighted by atomic mass is 9.99. The van der Waals surface area contributed by atoms with Gasteiger partial charge in [-0.2, -0.15) is 0 Å². The maximum absolute atomic E-state index is 12.3. The van der Waals surface area contributed by atoms with Gasteiger partial charge < -0.3 is 28.7 Å². The maximum Gasteiger partial charge on any atom is 0.306 e. The van der Waals surface area contributed by atoms with E-state index in [1.54, 1.807) is 0 Å². The molecule has 334 valence electrons. The highest BCUT2D eigenvalue weighted by Gasteiger charge is 2.25. The van der Waals surface area contributed by atoms with Gasteiger partial charge in [-0.05, 0) is 169 Å². The first-order valence-corrected chi connectivity index (χ1v) is 22.9. The number of ether oxygens (including phenoxy) is 4. The summed E-state index contributed by atoms with van der Waals surface area (Å²) in [5.41, 5.74) is 18.0. The number of hydrogen-bond donors (Lipinski definition) is 0. The highest BCUT2D eigenvalue weighted by molar-refractivity contribution is 5.81. The molecule has 7 aromatic carbocycles. The molecule has 0 aromatic heterocycles. The Morgan fingerprint density at radius 3 is 1.02 bits per heavy atom. The minimum absolute atomic E-state index is 0.0745. The fourth-order valence-electron chi connectivity index (χ4n) is 8.05. The van der Waals surface area contributed by atoms with E-state index in [-0.39, 0.29) is 24.1 Å². The van der Waals surface area contributed by atoms with Gasteiger partial charge >= 0.3 is 11.9 Å². The van der Waals surface area contributed by atoms with Gasteiger partial charge in [0, 0.05) is 47.0 Å². The Labute approximate surface area is 388 Å². The Balaban J connectivity index is 0.894. The summed E-state index contributed by atoms with van der Waals surface area (Å²) in [6.45, 7) is 10.6. The summed E-state index contributed by atoms with van der Waals surface area (Å²) in [5.74, 6) is -0.388. The van der Waals surface area contributed by atoms with Crippen LogP contribution >= 0.6 is 0 Å². The lowest BCUT2D eigenvalue weighted by molar-refractivity contribution is -0.144. The van der Waals surface area contributed by atoms with Crippen molar-refractivity contribution < 1.29 is 28.5 Å². The molecule has 8 nitrogen and oxygen atoms in total. The molecule has 2 fully saturated rings. The number of hydrogen-bond acceptors (Lipinski definition) is 8. The van der Waals surface area contributed by atoms with E-state index >= 15 is 0 Å². The average molecular weight is 877 g/mol. The van der Waals surface area contributed by atoms with Crippen LogP contribution in [0.15, 0.2) is 158 Å². The Morgan fingerprint density at radius 1 is 0.424 bits per heavy atom. The van der Waals surface area contributed by atoms with Crippen molar-refractivity contribution in [1.29, 1.82) is 0 Å². The van der Waals surface area contributed by atoms with Crippen molar-refractivity contribution in [3.8, 4) is 22.3 Å². The number of epoxide rings is 2. The number of anilines is 6. The normalized spacial score (nSPS) is 14.9. The molecule has 0 amide bonds. The first-order valence-electron chi connectivity index (χ1n) is 22.9. The van der Waals surface area contributed by atoms with Crippen molar-refractivity contribution >= 4 is 46.1 Å². The molecule has 8 heteroatoms. The zero-order chi connectivity index (χ0) is 45.6. The van der Waals surface area contributed by atoms with Crippen LogP contribution in [0.4, 0.5) is 34.1 Å². The minimum Gasteiger partial charge on any atom is -0.463 e. The fourth-order valence-corrected chi connectivity index (χ4v) is 8.05. The molecule has 66 heavy (non-hydrogen) atoms. The second-order valence-electron chi connectivity index (χ2n) is 17.5. The van der Waals surface area contributed by atoms with E-state index < -0.39 is 0 Å². The topological polar surface area (TPSA) is 84.1 Å². The third-order valence-electron chi connectivity index (χ3n) is 12.6. The Bertz CT molecular complexity index is 2580. The number of aryl methyl sites for hydroxylation is 6. The summed E-state index contributed by atoms with van der Waals surface area (Å²) in [6.07, 6.45) is 2.07. The molecular weight excluding hydrogens is 821 g/mol. The van der Waals surface area contributed by atoms with E-state index in [1.807, 2.05) is 0 Å². The second kappa shape index (κ2) is 20.0. The number of esters is 2. The molecule has 0 N–H and O–H groups in total. The standard InChI is InChI=1S/C58H56N2O6/c1-39-5-21-53(33-41(39)3)59(49-23-7-43(8-24-49)11-31-57(61)65-37-55-35-63-55)51-27-17-47(18-28-51)45-13-15-46(16-14-45)48-19-29-52(30-20-48)60(54-22-6-40(2)42(4)34-54)50-25-9-44(10-26-50)12-32-58(62)66-38-56-36-64-56/h5-10,13-30,33-34,55-56H,11-12,31-32,35-38H2,1-4H3. The van der Waals surface area contributed by atoms with E-state index in [1.165, 1.54) is 22.3 Å². The Morgan fingerprint density at radius 2 is 0.712 bits per heavy atom. The van der Waals surface area contributed by atoms with Gasteiger partial charge in [-0.15, -0.1) is 0 Å². The smallest absolute Gasteiger partial charge is 0.306 e. The molecule has 0 bridgehead atoms. The van der Waals surface area contributed by atoms with Gasteiger partial charge in [0.2, 0.25) is 0 Å². The predicted octanol–water partition coefficient (Wildman–Crippen LogP) is 12.9. The van der Waals surface area contributed by atoms with Crippen LogP contribution in [0.1, 0.15) is 46.2 Å². The molecule has 7 aromatic rings. The summed E-state index contributed by atoms with van der Waals surface area (Å²) in [7, 11) is 0. The molecule has 2 heterocycles. The molecule has 0 aliphatic carbocycles. The van der Waals surface area contributed by atoms with Crippen LogP contribution in [0.3, 0.4) is 0 Å². The lowest BCUT2D eigenvalue weighted by Gasteiger charge is -2.26. The van der Waals surface area contributed by atoms with Crippen LogP contribution in [-0.4, -0.2) is 50.6 Å². The average Bonchev–Trinajstić information content (AvgIpc) is 4.30. The summed E-state index contributed by atoms with van der Waals surface area (Å²) < 4.78 is 21.0. The van der Waals surface area contributed by atoms with Crippen LogP contribution in [0.2, 0.25) is 0 Å². The zero-order valence-electron chi connectivity index (χ0n) is 38.2. The van der Waals surface area contributed by atoms with Gasteiger partial charge in [-0.1, -0.05) is 84.9 Å². The van der Waals surface area contributed by atoms with E-state index in [2.05, 4.69) is 195 Å². The first-order chi connectivity index (χ1) is 32.1. The van der Waals surface area contributed by atoms with Gasteiger partial charge in [0.05, 0.1) is 13.2 Å². The van der Waals surface area contributed by atoms with Gasteiger partial charge in [0.1, 0.15) is 25.4 Å². The van der Waals surface area contributed by atoms with Crippen LogP contribution in [0.5, 0.6) is 0 Å². The number of carbonyl (C=O) groups excluding carboxylic acids is 2. The largest absolute Gasteiger partial charge is 0.463 e. The lowest BCUT2D eigenvalue weighted by Crippen LogP contribution is -2.11. The highest BCUT2D eigenvalue weighted by Crippen LogP contribution is 2.39. The van der Waals surface area contributed by atoms with Crippen molar-refractivity contribution in [2.75, 3.05) is 36.2 Å². The molecule has 0 radical (unpaired) electrons. The van der Waals surface area contributed by atoms with Crippen LogP contribution in [0.25, 0.3) is 22.3 Å². The highest BCUT2D eigenvalue weighted by atomic mass is 16.6. The number of benzene rings is 7. The van der Waals surface area contributed by atoms with Crippen LogP contribution < -0.4 is 9.80 Å². The second-order valence-corrected chi connectivity index (χ2v) is 17.5. The molecule has 9 rings (SSSR count). The third kappa shape index (κ3) is 11.1. The molecule has 2 atom stereocenters. The SMILES string of the molecule is Cc1ccc(N(c2ccc(CCC(=O)OCC3CO3)cc2)c2ccc(-c3ccc(-c4ccc(N(c5ccc(CCC(=O)OCC6CO6)cc5)c5ccc(C)c(C)c5)cc4)cc3)cc2)cc1C. The molecule has 0 spiro atoms. The minimum atomic E-state index is -0.194. The zero-order valence-corrected chi connectivity index (χ0v) is 38.2. The van der Waals surface area contributed by atoms with Crippen molar-refractivity contribution in [2.24, 2.45) is 0 Å². The van der Waals surface area contributed by atoms with Crippen molar-refractivity contribution in [3.63, 3.8) is 0 Å². The summed E-state index contributed by atoms with van der Waals surface area (Å²) >= 11 is 0. The van der Waals surface area contributed by atoms with Crippen molar-refractivity contribution in [3.05, 3.63) is 191 Å². The maximum atomic E-state index is 12.3. The Kier molecular flexibility index (Phi) is 13.4. The first kappa shape index (κ1) is 44.2. The third-order valence-corrected chi connectivity index (χ3v) is 12.6. The number of nitrogens with zero attached hydrogens (tertiary/aromatic N) is 2. The monoisotopic (exact) mass is 876 g/mol. The van der Waals surface area contributed by atoms with E-state index in [4.69, 9.17) is 18.9 Å². The summed E-state index contributed by atoms with van der Waals surface area (Å²) in [6, 6.07) is 56.3. The van der Waals surface area contributed by atoms with E-state index in [9.17, 15) is 9.59 Å². The Hall–Kier alpha value is -7.00. The van der Waals surface area contributed by atoms with Gasteiger partial charge in [-0.25, -0.2) is 0 Å². The summed E-state index contributed by atoms with van der Waals surface area (Å²) in [5, 5.41) is 0. The van der Waals surface area contributed by atoms with Crippen molar-refractivity contribution in [1.82, 2.24) is 0 Å². The summed E-state index contributed by atoms with van der Waals surface area (Å²) in [4.78, 5) is 29.1. The number of carbonyl (C=O) groups is 2.